The lowest BCUT2D eigenvalue weighted by Gasteiger charge is -2.22. The molecule has 2 aromatic heterocycles. The first-order valence-electron chi connectivity index (χ1n) is 8.13. The van der Waals surface area contributed by atoms with Gasteiger partial charge in [-0.15, -0.1) is 0 Å². The summed E-state index contributed by atoms with van der Waals surface area (Å²) in [6.07, 6.45) is 8.54. The van der Waals surface area contributed by atoms with Gasteiger partial charge < -0.3 is 10.2 Å². The van der Waals surface area contributed by atoms with Gasteiger partial charge in [-0.2, -0.15) is 0 Å². The van der Waals surface area contributed by atoms with Crippen molar-refractivity contribution >= 4 is 22.4 Å². The van der Waals surface area contributed by atoms with E-state index in [0.29, 0.717) is 12.2 Å². The summed E-state index contributed by atoms with van der Waals surface area (Å²) in [5, 5.41) is 3.32. The van der Waals surface area contributed by atoms with Crippen LogP contribution < -0.4 is 10.2 Å². The van der Waals surface area contributed by atoms with Gasteiger partial charge in [0.25, 0.3) is 0 Å². The predicted octanol–water partition coefficient (Wildman–Crippen LogP) is 3.38. The SMILES string of the molecule is Fc1cncc(NCc2ccc3nccnc3c2)c1N1CCCC1. The van der Waals surface area contributed by atoms with Gasteiger partial charge in [0.2, 0.25) is 0 Å². The molecule has 6 heteroatoms. The highest BCUT2D eigenvalue weighted by Gasteiger charge is 2.20. The van der Waals surface area contributed by atoms with Crippen molar-refractivity contribution in [2.75, 3.05) is 23.3 Å². The summed E-state index contributed by atoms with van der Waals surface area (Å²) in [6, 6.07) is 5.95. The molecule has 4 rings (SSSR count). The Morgan fingerprint density at radius 3 is 2.67 bits per heavy atom. The molecule has 1 N–H and O–H groups in total. The Labute approximate surface area is 139 Å². The topological polar surface area (TPSA) is 53.9 Å². The zero-order valence-corrected chi connectivity index (χ0v) is 13.2. The van der Waals surface area contributed by atoms with Crippen molar-refractivity contribution < 1.29 is 4.39 Å². The number of pyridine rings is 1. The van der Waals surface area contributed by atoms with Crippen LogP contribution in [0.15, 0.2) is 43.0 Å². The van der Waals surface area contributed by atoms with Gasteiger partial charge in [0, 0.05) is 32.0 Å². The number of halogens is 1. The predicted molar refractivity (Wildman–Crippen MR) is 92.5 cm³/mol. The van der Waals surface area contributed by atoms with E-state index in [-0.39, 0.29) is 5.82 Å². The number of nitrogens with one attached hydrogen (secondary N) is 1. The monoisotopic (exact) mass is 323 g/mol. The smallest absolute Gasteiger partial charge is 0.166 e. The van der Waals surface area contributed by atoms with Crippen LogP contribution in [0.3, 0.4) is 0 Å². The van der Waals surface area contributed by atoms with Gasteiger partial charge in [-0.1, -0.05) is 6.07 Å². The zero-order chi connectivity index (χ0) is 16.4. The number of anilines is 2. The first-order chi connectivity index (χ1) is 11.8. The van der Waals surface area contributed by atoms with Crippen molar-refractivity contribution in [1.29, 1.82) is 0 Å². The standard InChI is InChI=1S/C18H18FN5/c19-14-11-20-12-17(18(14)24-7-1-2-8-24)23-10-13-3-4-15-16(9-13)22-6-5-21-15/h3-6,9,11-12,23H,1-2,7-8,10H2. The van der Waals surface area contributed by atoms with Gasteiger partial charge in [-0.05, 0) is 30.5 Å². The summed E-state index contributed by atoms with van der Waals surface area (Å²) >= 11 is 0. The molecule has 5 nitrogen and oxygen atoms in total. The molecule has 0 unspecified atom stereocenters. The molecule has 1 aliphatic heterocycles. The van der Waals surface area contributed by atoms with E-state index in [1.807, 2.05) is 18.2 Å². The number of benzene rings is 1. The largest absolute Gasteiger partial charge is 0.378 e. The van der Waals surface area contributed by atoms with E-state index >= 15 is 0 Å². The van der Waals surface area contributed by atoms with Crippen molar-refractivity contribution in [3.8, 4) is 0 Å². The maximum absolute atomic E-state index is 14.3. The van der Waals surface area contributed by atoms with E-state index < -0.39 is 0 Å². The molecule has 3 aromatic rings. The highest BCUT2D eigenvalue weighted by Crippen LogP contribution is 2.31. The number of hydrogen-bond acceptors (Lipinski definition) is 5. The molecule has 0 radical (unpaired) electrons. The minimum Gasteiger partial charge on any atom is -0.378 e. The van der Waals surface area contributed by atoms with Gasteiger partial charge >= 0.3 is 0 Å². The molecule has 0 saturated carbocycles. The van der Waals surface area contributed by atoms with E-state index in [1.54, 1.807) is 18.6 Å². The minimum absolute atomic E-state index is 0.272. The molecule has 0 aliphatic carbocycles. The Hall–Kier alpha value is -2.76. The summed E-state index contributed by atoms with van der Waals surface area (Å²) in [4.78, 5) is 14.7. The molecule has 0 spiro atoms. The van der Waals surface area contributed by atoms with Crippen molar-refractivity contribution in [2.45, 2.75) is 19.4 Å². The van der Waals surface area contributed by atoms with Crippen molar-refractivity contribution in [3.63, 3.8) is 0 Å². The van der Waals surface area contributed by atoms with Crippen LogP contribution in [0.5, 0.6) is 0 Å². The fourth-order valence-corrected chi connectivity index (χ4v) is 3.14. The molecular formula is C18H18FN5. The van der Waals surface area contributed by atoms with Crippen LogP contribution in [0, 0.1) is 5.82 Å². The quantitative estimate of drug-likeness (QED) is 0.798. The second-order valence-electron chi connectivity index (χ2n) is 5.94. The molecule has 3 heterocycles. The van der Waals surface area contributed by atoms with E-state index in [2.05, 4.69) is 25.2 Å². The Balaban J connectivity index is 1.57. The van der Waals surface area contributed by atoms with Crippen LogP contribution in [-0.2, 0) is 6.54 Å². The second-order valence-corrected chi connectivity index (χ2v) is 5.94. The summed E-state index contributed by atoms with van der Waals surface area (Å²) in [5.41, 5.74) is 4.15. The van der Waals surface area contributed by atoms with Gasteiger partial charge in [-0.25, -0.2) is 4.39 Å². The summed E-state index contributed by atoms with van der Waals surface area (Å²) in [7, 11) is 0. The van der Waals surface area contributed by atoms with E-state index in [1.165, 1.54) is 6.20 Å². The maximum atomic E-state index is 14.3. The van der Waals surface area contributed by atoms with Crippen LogP contribution in [0.2, 0.25) is 0 Å². The van der Waals surface area contributed by atoms with E-state index in [4.69, 9.17) is 0 Å². The summed E-state index contributed by atoms with van der Waals surface area (Å²) < 4.78 is 14.3. The zero-order valence-electron chi connectivity index (χ0n) is 13.2. The number of aromatic nitrogens is 3. The maximum Gasteiger partial charge on any atom is 0.166 e. The molecule has 1 aromatic carbocycles. The first-order valence-corrected chi connectivity index (χ1v) is 8.13. The third kappa shape index (κ3) is 2.87. The number of rotatable bonds is 4. The molecule has 0 atom stereocenters. The summed E-state index contributed by atoms with van der Waals surface area (Å²) in [5.74, 6) is -0.272. The van der Waals surface area contributed by atoms with Crippen molar-refractivity contribution in [3.05, 3.63) is 54.4 Å². The van der Waals surface area contributed by atoms with Gasteiger partial charge in [0.15, 0.2) is 5.82 Å². The molecular weight excluding hydrogens is 305 g/mol. The highest BCUT2D eigenvalue weighted by molar-refractivity contribution is 5.75. The number of hydrogen-bond donors (Lipinski definition) is 1. The molecule has 0 bridgehead atoms. The molecule has 122 valence electrons. The Morgan fingerprint density at radius 1 is 1.04 bits per heavy atom. The van der Waals surface area contributed by atoms with Crippen molar-refractivity contribution in [2.24, 2.45) is 0 Å². The Bertz CT molecular complexity index is 861. The Morgan fingerprint density at radius 2 is 1.83 bits per heavy atom. The molecule has 0 amide bonds. The van der Waals surface area contributed by atoms with Gasteiger partial charge in [-0.3, -0.25) is 15.0 Å². The number of fused-ring (bicyclic) bond motifs is 1. The van der Waals surface area contributed by atoms with Gasteiger partial charge in [0.05, 0.1) is 34.8 Å². The molecule has 1 aliphatic rings. The lowest BCUT2D eigenvalue weighted by atomic mass is 10.2. The normalized spacial score (nSPS) is 14.3. The van der Waals surface area contributed by atoms with Crippen molar-refractivity contribution in [1.82, 2.24) is 15.0 Å². The third-order valence-corrected chi connectivity index (χ3v) is 4.31. The first kappa shape index (κ1) is 14.8. The highest BCUT2D eigenvalue weighted by atomic mass is 19.1. The van der Waals surface area contributed by atoms with Crippen LogP contribution in [0.4, 0.5) is 15.8 Å². The van der Waals surface area contributed by atoms with E-state index in [0.717, 1.165) is 48.2 Å². The van der Waals surface area contributed by atoms with Gasteiger partial charge in [0.1, 0.15) is 0 Å². The van der Waals surface area contributed by atoms with Crippen LogP contribution in [0.25, 0.3) is 11.0 Å². The average Bonchev–Trinajstić information content (AvgIpc) is 3.14. The lowest BCUT2D eigenvalue weighted by molar-refractivity contribution is 0.617. The van der Waals surface area contributed by atoms with Crippen LogP contribution in [-0.4, -0.2) is 28.0 Å². The minimum atomic E-state index is -0.272. The van der Waals surface area contributed by atoms with E-state index in [9.17, 15) is 4.39 Å². The lowest BCUT2D eigenvalue weighted by Crippen LogP contribution is -2.21. The van der Waals surface area contributed by atoms with Crippen LogP contribution >= 0.6 is 0 Å². The molecule has 1 fully saturated rings. The Kier molecular flexibility index (Phi) is 3.94. The fraction of sp³-hybridized carbons (Fsp3) is 0.278. The summed E-state index contributed by atoms with van der Waals surface area (Å²) in [6.45, 7) is 2.36. The molecule has 24 heavy (non-hydrogen) atoms. The fourth-order valence-electron chi connectivity index (χ4n) is 3.14. The third-order valence-electron chi connectivity index (χ3n) is 4.31. The van der Waals surface area contributed by atoms with Crippen LogP contribution in [0.1, 0.15) is 18.4 Å². The average molecular weight is 323 g/mol. The molecule has 1 saturated heterocycles. The number of nitrogens with zero attached hydrogens (tertiary/aromatic N) is 4. The second kappa shape index (κ2) is 6.39.